The van der Waals surface area contributed by atoms with Gasteiger partial charge in [-0.15, -0.1) is 0 Å². The number of aromatic amines is 1. The number of nitrogens with zero attached hydrogens (tertiary/aromatic N) is 1. The van der Waals surface area contributed by atoms with Crippen LogP contribution in [0.4, 0.5) is 4.39 Å². The topological polar surface area (TPSA) is 97.8 Å². The van der Waals surface area contributed by atoms with Crippen molar-refractivity contribution in [1.29, 1.82) is 5.26 Å². The Morgan fingerprint density at radius 3 is 2.75 bits per heavy atom. The van der Waals surface area contributed by atoms with Crippen molar-refractivity contribution in [2.45, 2.75) is 43.8 Å². The molecule has 1 saturated carbocycles. The number of carbonyl (C=O) groups excluding carboxylic acids is 1. The van der Waals surface area contributed by atoms with Crippen LogP contribution in [0.3, 0.4) is 0 Å². The van der Waals surface area contributed by atoms with Crippen molar-refractivity contribution in [3.05, 3.63) is 58.3 Å². The van der Waals surface area contributed by atoms with Gasteiger partial charge in [-0.05, 0) is 54.0 Å². The van der Waals surface area contributed by atoms with Gasteiger partial charge in [-0.2, -0.15) is 5.26 Å². The number of hydrogen-bond acceptors (Lipinski definition) is 4. The summed E-state index contributed by atoms with van der Waals surface area (Å²) < 4.78 is 14.6. The van der Waals surface area contributed by atoms with Crippen molar-refractivity contribution in [1.82, 2.24) is 15.6 Å². The van der Waals surface area contributed by atoms with E-state index in [4.69, 9.17) is 0 Å². The minimum atomic E-state index is -0.798. The first-order chi connectivity index (χ1) is 13.5. The van der Waals surface area contributed by atoms with Crippen molar-refractivity contribution < 1.29 is 9.18 Å². The zero-order chi connectivity index (χ0) is 19.7. The maximum absolute atomic E-state index is 14.6. The Bertz CT molecular complexity index is 996. The molecule has 3 N–H and O–H groups in total. The van der Waals surface area contributed by atoms with Crippen LogP contribution < -0.4 is 16.2 Å². The van der Waals surface area contributed by atoms with Gasteiger partial charge in [-0.25, -0.2) is 4.39 Å². The number of aromatic nitrogens is 1. The zero-order valence-electron chi connectivity index (χ0n) is 15.2. The molecule has 1 aromatic heterocycles. The highest BCUT2D eigenvalue weighted by Crippen LogP contribution is 2.35. The van der Waals surface area contributed by atoms with E-state index in [2.05, 4.69) is 21.7 Å². The van der Waals surface area contributed by atoms with Gasteiger partial charge in [0, 0.05) is 24.7 Å². The van der Waals surface area contributed by atoms with Crippen molar-refractivity contribution in [3.63, 3.8) is 0 Å². The van der Waals surface area contributed by atoms with Crippen LogP contribution in [-0.4, -0.2) is 29.0 Å². The maximum atomic E-state index is 14.6. The zero-order valence-corrected chi connectivity index (χ0v) is 15.2. The number of rotatable bonds is 5. The Balaban J connectivity index is 1.44. The van der Waals surface area contributed by atoms with Crippen LogP contribution in [0.1, 0.15) is 24.8 Å². The Kier molecular flexibility index (Phi) is 4.97. The monoisotopic (exact) mass is 380 g/mol. The number of piperidine rings is 1. The third-order valence-electron chi connectivity index (χ3n) is 5.70. The molecule has 144 valence electrons. The molecule has 3 unspecified atom stereocenters. The first-order valence-corrected chi connectivity index (χ1v) is 9.47. The fraction of sp³-hybridized carbons (Fsp3) is 0.381. The van der Waals surface area contributed by atoms with Crippen molar-refractivity contribution >= 4 is 5.91 Å². The Morgan fingerprint density at radius 2 is 2.11 bits per heavy atom. The first kappa shape index (κ1) is 18.4. The Labute approximate surface area is 161 Å². The molecular formula is C21H21FN4O2. The largest absolute Gasteiger partial charge is 0.339 e. The summed E-state index contributed by atoms with van der Waals surface area (Å²) in [5, 5.41) is 15.5. The summed E-state index contributed by atoms with van der Waals surface area (Å²) >= 11 is 0. The van der Waals surface area contributed by atoms with Crippen molar-refractivity contribution in [3.8, 4) is 17.2 Å². The molecule has 1 aliphatic heterocycles. The average Bonchev–Trinajstić information content (AvgIpc) is 3.32. The number of nitrogens with one attached hydrogen (secondary N) is 3. The quantitative estimate of drug-likeness (QED) is 0.738. The van der Waals surface area contributed by atoms with E-state index in [-0.39, 0.29) is 23.9 Å². The second-order valence-corrected chi connectivity index (χ2v) is 7.56. The number of halogens is 1. The molecule has 1 amide bonds. The summed E-state index contributed by atoms with van der Waals surface area (Å²) in [6.45, 7) is 0. The van der Waals surface area contributed by atoms with Crippen LogP contribution in [0.25, 0.3) is 11.1 Å². The summed E-state index contributed by atoms with van der Waals surface area (Å²) in [6.07, 6.45) is 4.74. The van der Waals surface area contributed by atoms with E-state index < -0.39 is 11.9 Å². The molecule has 2 aliphatic rings. The summed E-state index contributed by atoms with van der Waals surface area (Å²) in [7, 11) is 0. The normalized spacial score (nSPS) is 23.9. The predicted octanol–water partition coefficient (Wildman–Crippen LogP) is 1.87. The van der Waals surface area contributed by atoms with Gasteiger partial charge in [-0.3, -0.25) is 9.59 Å². The van der Waals surface area contributed by atoms with Gasteiger partial charge < -0.3 is 15.6 Å². The van der Waals surface area contributed by atoms with Crippen LogP contribution in [-0.2, 0) is 11.2 Å². The summed E-state index contributed by atoms with van der Waals surface area (Å²) in [5.74, 6) is -0.320. The van der Waals surface area contributed by atoms with Crippen LogP contribution in [0, 0.1) is 23.1 Å². The number of nitriles is 1. The minimum Gasteiger partial charge on any atom is -0.339 e. The van der Waals surface area contributed by atoms with Crippen molar-refractivity contribution in [2.24, 2.45) is 5.92 Å². The molecule has 6 nitrogen and oxygen atoms in total. The van der Waals surface area contributed by atoms with Gasteiger partial charge in [0.25, 0.3) is 0 Å². The van der Waals surface area contributed by atoms with Crippen molar-refractivity contribution in [2.75, 3.05) is 0 Å². The lowest BCUT2D eigenvalue weighted by Crippen LogP contribution is -2.50. The molecule has 2 aromatic rings. The highest BCUT2D eigenvalue weighted by atomic mass is 19.1. The molecule has 0 radical (unpaired) electrons. The molecule has 2 bridgehead atoms. The van der Waals surface area contributed by atoms with E-state index >= 15 is 0 Å². The van der Waals surface area contributed by atoms with Gasteiger partial charge in [0.15, 0.2) is 0 Å². The number of fused-ring (bicyclic) bond motifs is 2. The third kappa shape index (κ3) is 3.69. The number of amides is 1. The minimum absolute atomic E-state index is 0.0878. The fourth-order valence-electron chi connectivity index (χ4n) is 4.28. The standard InChI is InChI=1S/C21H21FN4O2/c22-18-9-12(13-5-6-24-19(27)10-13)1-2-14(18)7-17(11-23)26-21(28)20-15-3-4-16(8-15)25-20/h1-2,5-6,9-10,15-17,20,25H,3-4,7-8H2,(H,24,27)(H,26,28)/t15?,16?,17-,20?/m0/s1. The lowest BCUT2D eigenvalue weighted by atomic mass is 9.98. The number of H-pyrrole nitrogens is 1. The third-order valence-corrected chi connectivity index (χ3v) is 5.70. The Morgan fingerprint density at radius 1 is 1.29 bits per heavy atom. The van der Waals surface area contributed by atoms with E-state index in [0.29, 0.717) is 28.7 Å². The highest BCUT2D eigenvalue weighted by Gasteiger charge is 2.43. The molecule has 0 spiro atoms. The van der Waals surface area contributed by atoms with E-state index in [0.717, 1.165) is 19.3 Å². The van der Waals surface area contributed by atoms with Crippen LogP contribution in [0.5, 0.6) is 0 Å². The highest BCUT2D eigenvalue weighted by molar-refractivity contribution is 5.83. The number of benzene rings is 1. The lowest BCUT2D eigenvalue weighted by Gasteiger charge is -2.23. The Hall–Kier alpha value is -2.98. The summed E-state index contributed by atoms with van der Waals surface area (Å²) in [5.41, 5.74) is 1.28. The molecular weight excluding hydrogens is 359 g/mol. The number of hydrogen-bond donors (Lipinski definition) is 3. The van der Waals surface area contributed by atoms with E-state index in [9.17, 15) is 19.2 Å². The second-order valence-electron chi connectivity index (χ2n) is 7.56. The lowest BCUT2D eigenvalue weighted by molar-refractivity contribution is -0.124. The molecule has 1 saturated heterocycles. The number of carbonyl (C=O) groups is 1. The maximum Gasteiger partial charge on any atom is 0.248 e. The van der Waals surface area contributed by atoms with Gasteiger partial charge in [-0.1, -0.05) is 12.1 Å². The van der Waals surface area contributed by atoms with Crippen LogP contribution in [0.15, 0.2) is 41.3 Å². The van der Waals surface area contributed by atoms with Gasteiger partial charge in [0.05, 0.1) is 12.1 Å². The first-order valence-electron chi connectivity index (χ1n) is 9.47. The van der Waals surface area contributed by atoms with E-state index in [1.165, 1.54) is 18.3 Å². The molecule has 4 rings (SSSR count). The molecule has 1 aromatic carbocycles. The van der Waals surface area contributed by atoms with E-state index in [1.54, 1.807) is 18.2 Å². The number of pyridine rings is 1. The second kappa shape index (κ2) is 7.56. The molecule has 7 heteroatoms. The summed E-state index contributed by atoms with van der Waals surface area (Å²) in [6, 6.07) is 9.15. The van der Waals surface area contributed by atoms with Gasteiger partial charge >= 0.3 is 0 Å². The molecule has 2 heterocycles. The molecule has 1 aliphatic carbocycles. The summed E-state index contributed by atoms with van der Waals surface area (Å²) in [4.78, 5) is 26.4. The predicted molar refractivity (Wildman–Crippen MR) is 102 cm³/mol. The smallest absolute Gasteiger partial charge is 0.248 e. The molecule has 4 atom stereocenters. The van der Waals surface area contributed by atoms with Gasteiger partial charge in [0.2, 0.25) is 11.5 Å². The van der Waals surface area contributed by atoms with Crippen LogP contribution >= 0.6 is 0 Å². The van der Waals surface area contributed by atoms with Gasteiger partial charge in [0.1, 0.15) is 11.9 Å². The van der Waals surface area contributed by atoms with E-state index in [1.807, 2.05) is 0 Å². The average molecular weight is 380 g/mol. The molecule has 2 fully saturated rings. The van der Waals surface area contributed by atoms with Crippen LogP contribution in [0.2, 0.25) is 0 Å². The fourth-order valence-corrected chi connectivity index (χ4v) is 4.28. The SMILES string of the molecule is N#C[C@H](Cc1ccc(-c2cc[nH]c(=O)c2)cc1F)NC(=O)C1NC2CCC1C2. The molecule has 28 heavy (non-hydrogen) atoms.